The molecular formula is C26H28N4O2S. The second-order valence-electron chi connectivity index (χ2n) is 7.88. The molecule has 4 rings (SSSR count). The van der Waals surface area contributed by atoms with Gasteiger partial charge in [-0.25, -0.2) is 4.98 Å². The van der Waals surface area contributed by atoms with Crippen molar-refractivity contribution in [2.75, 3.05) is 11.1 Å². The Labute approximate surface area is 197 Å². The maximum absolute atomic E-state index is 13.3. The van der Waals surface area contributed by atoms with E-state index >= 15 is 0 Å². The van der Waals surface area contributed by atoms with Crippen LogP contribution in [0, 0.1) is 0 Å². The quantitative estimate of drug-likeness (QED) is 0.256. The van der Waals surface area contributed by atoms with Crippen LogP contribution in [0.3, 0.4) is 0 Å². The third kappa shape index (κ3) is 5.20. The third-order valence-corrected chi connectivity index (χ3v) is 6.52. The summed E-state index contributed by atoms with van der Waals surface area (Å²) in [6.45, 7) is 4.75. The molecule has 0 fully saturated rings. The molecule has 0 aliphatic rings. The molecule has 0 saturated carbocycles. The Morgan fingerprint density at radius 2 is 1.85 bits per heavy atom. The molecule has 2 heterocycles. The van der Waals surface area contributed by atoms with Gasteiger partial charge in [0.1, 0.15) is 11.0 Å². The highest BCUT2D eigenvalue weighted by Gasteiger charge is 2.17. The summed E-state index contributed by atoms with van der Waals surface area (Å²) in [5, 5.41) is 3.49. The molecule has 0 saturated heterocycles. The van der Waals surface area contributed by atoms with Crippen LogP contribution in [-0.4, -0.2) is 26.2 Å². The van der Waals surface area contributed by atoms with Crippen molar-refractivity contribution in [1.29, 1.82) is 0 Å². The Balaban J connectivity index is 1.61. The van der Waals surface area contributed by atoms with Crippen LogP contribution in [0.5, 0.6) is 0 Å². The van der Waals surface area contributed by atoms with E-state index in [1.54, 1.807) is 4.57 Å². The fraction of sp³-hybridized carbons (Fsp3) is 0.269. The maximum atomic E-state index is 13.3. The molecule has 1 amide bonds. The summed E-state index contributed by atoms with van der Waals surface area (Å²) in [4.78, 5) is 33.8. The van der Waals surface area contributed by atoms with Crippen LogP contribution in [0.1, 0.15) is 32.3 Å². The highest BCUT2D eigenvalue weighted by Crippen LogP contribution is 2.28. The minimum absolute atomic E-state index is 0.103. The minimum atomic E-state index is -0.127. The zero-order chi connectivity index (χ0) is 23.2. The Hall–Kier alpha value is -3.32. The highest BCUT2D eigenvalue weighted by atomic mass is 32.2. The van der Waals surface area contributed by atoms with Gasteiger partial charge < -0.3 is 10.3 Å². The van der Waals surface area contributed by atoms with E-state index < -0.39 is 0 Å². The molecule has 33 heavy (non-hydrogen) atoms. The number of amides is 1. The van der Waals surface area contributed by atoms with Crippen molar-refractivity contribution >= 4 is 34.4 Å². The number of nitrogens with one attached hydrogen (secondary N) is 2. The van der Waals surface area contributed by atoms with Crippen LogP contribution in [0.15, 0.2) is 70.7 Å². The van der Waals surface area contributed by atoms with Gasteiger partial charge in [0.15, 0.2) is 5.16 Å². The van der Waals surface area contributed by atoms with Gasteiger partial charge in [-0.2, -0.15) is 0 Å². The minimum Gasteiger partial charge on any atom is -0.355 e. The van der Waals surface area contributed by atoms with E-state index in [2.05, 4.69) is 24.1 Å². The molecule has 0 unspecified atom stereocenters. The second kappa shape index (κ2) is 10.5. The number of carbonyl (C=O) groups is 1. The maximum Gasteiger partial charge on any atom is 0.278 e. The number of aromatic nitrogens is 3. The van der Waals surface area contributed by atoms with Gasteiger partial charge in [0.05, 0.1) is 5.75 Å². The summed E-state index contributed by atoms with van der Waals surface area (Å²) in [6.07, 6.45) is 4.61. The van der Waals surface area contributed by atoms with Gasteiger partial charge in [-0.1, -0.05) is 74.5 Å². The van der Waals surface area contributed by atoms with Crippen LogP contribution in [0.25, 0.3) is 22.2 Å². The van der Waals surface area contributed by atoms with Gasteiger partial charge in [0.2, 0.25) is 5.91 Å². The first-order valence-corrected chi connectivity index (χ1v) is 12.3. The van der Waals surface area contributed by atoms with Crippen LogP contribution in [-0.2, 0) is 17.8 Å². The van der Waals surface area contributed by atoms with Gasteiger partial charge in [-0.3, -0.25) is 14.2 Å². The van der Waals surface area contributed by atoms with Crippen LogP contribution in [0.4, 0.5) is 5.69 Å². The lowest BCUT2D eigenvalue weighted by Gasteiger charge is -2.12. The zero-order valence-corrected chi connectivity index (χ0v) is 19.7. The molecule has 2 N–H and O–H groups in total. The lowest BCUT2D eigenvalue weighted by atomic mass is 10.1. The summed E-state index contributed by atoms with van der Waals surface area (Å²) in [5.41, 5.74) is 4.89. The molecule has 0 spiro atoms. The van der Waals surface area contributed by atoms with Crippen molar-refractivity contribution in [2.45, 2.75) is 44.8 Å². The average Bonchev–Trinajstić information content (AvgIpc) is 3.27. The predicted molar refractivity (Wildman–Crippen MR) is 136 cm³/mol. The van der Waals surface area contributed by atoms with Crippen molar-refractivity contribution in [3.8, 4) is 11.1 Å². The van der Waals surface area contributed by atoms with E-state index in [1.807, 2.05) is 60.8 Å². The van der Waals surface area contributed by atoms with E-state index in [-0.39, 0.29) is 17.2 Å². The smallest absolute Gasteiger partial charge is 0.278 e. The Kier molecular flexibility index (Phi) is 7.29. The molecular weight excluding hydrogens is 432 g/mol. The number of rotatable bonds is 9. The van der Waals surface area contributed by atoms with Crippen molar-refractivity contribution in [2.24, 2.45) is 0 Å². The average molecular weight is 461 g/mol. The zero-order valence-electron chi connectivity index (χ0n) is 18.9. The number of aryl methyl sites for hydroxylation is 1. The summed E-state index contributed by atoms with van der Waals surface area (Å²) in [5.74, 6) is 0.0445. The predicted octanol–water partition coefficient (Wildman–Crippen LogP) is 5.48. The lowest BCUT2D eigenvalue weighted by molar-refractivity contribution is -0.113. The second-order valence-corrected chi connectivity index (χ2v) is 8.83. The van der Waals surface area contributed by atoms with E-state index in [0.717, 1.165) is 36.1 Å². The van der Waals surface area contributed by atoms with E-state index in [4.69, 9.17) is 4.98 Å². The van der Waals surface area contributed by atoms with Crippen LogP contribution >= 0.6 is 11.8 Å². The highest BCUT2D eigenvalue weighted by molar-refractivity contribution is 7.99. The molecule has 2 aromatic carbocycles. The lowest BCUT2D eigenvalue weighted by Crippen LogP contribution is -2.24. The summed E-state index contributed by atoms with van der Waals surface area (Å²) >= 11 is 1.29. The fourth-order valence-electron chi connectivity index (χ4n) is 3.69. The monoisotopic (exact) mass is 460 g/mol. The first kappa shape index (κ1) is 22.9. The molecule has 7 heteroatoms. The number of hydrogen-bond acceptors (Lipinski definition) is 4. The van der Waals surface area contributed by atoms with E-state index in [1.165, 1.54) is 17.3 Å². The molecule has 4 aromatic rings. The number of H-pyrrole nitrogens is 1. The third-order valence-electron chi connectivity index (χ3n) is 5.55. The number of thioether (sulfide) groups is 1. The van der Waals surface area contributed by atoms with Gasteiger partial charge in [-0.05, 0) is 36.1 Å². The SMILES string of the molecule is CCCCn1c(SCC(=O)Nc2ccc(CC)cc2)nc2c(-c3ccccc3)c[nH]c2c1=O. The molecule has 170 valence electrons. The van der Waals surface area contributed by atoms with Gasteiger partial charge in [0.25, 0.3) is 5.56 Å². The largest absolute Gasteiger partial charge is 0.355 e. The number of carbonyl (C=O) groups excluding carboxylic acids is 1. The van der Waals surface area contributed by atoms with Crippen LogP contribution in [0.2, 0.25) is 0 Å². The van der Waals surface area contributed by atoms with E-state index in [0.29, 0.717) is 22.7 Å². The number of benzene rings is 2. The molecule has 0 aliphatic heterocycles. The number of nitrogens with zero attached hydrogens (tertiary/aromatic N) is 2. The first-order valence-electron chi connectivity index (χ1n) is 11.3. The Morgan fingerprint density at radius 1 is 1.09 bits per heavy atom. The normalized spacial score (nSPS) is 11.1. The molecule has 6 nitrogen and oxygen atoms in total. The molecule has 0 atom stereocenters. The number of unbranched alkanes of at least 4 members (excludes halogenated alkanes) is 1. The fourth-order valence-corrected chi connectivity index (χ4v) is 4.50. The van der Waals surface area contributed by atoms with Crippen LogP contribution < -0.4 is 10.9 Å². The topological polar surface area (TPSA) is 79.8 Å². The standard InChI is InChI=1S/C26H28N4O2S/c1-3-5-15-30-25(32)24-23(21(16-27-24)19-9-7-6-8-10-19)29-26(30)33-17-22(31)28-20-13-11-18(4-2)12-14-20/h6-14,16,27H,3-5,15,17H2,1-2H3,(H,28,31). The van der Waals surface area contributed by atoms with Gasteiger partial charge in [-0.15, -0.1) is 0 Å². The number of anilines is 1. The van der Waals surface area contributed by atoms with Crippen molar-refractivity contribution in [1.82, 2.24) is 14.5 Å². The molecule has 0 aliphatic carbocycles. The Bertz CT molecular complexity index is 1290. The Morgan fingerprint density at radius 3 is 2.55 bits per heavy atom. The molecule has 2 aromatic heterocycles. The van der Waals surface area contributed by atoms with Crippen molar-refractivity contribution in [3.05, 3.63) is 76.7 Å². The van der Waals surface area contributed by atoms with E-state index in [9.17, 15) is 9.59 Å². The summed E-state index contributed by atoms with van der Waals surface area (Å²) in [6, 6.07) is 17.7. The van der Waals surface area contributed by atoms with Crippen molar-refractivity contribution < 1.29 is 4.79 Å². The number of aromatic amines is 1. The summed E-state index contributed by atoms with van der Waals surface area (Å²) < 4.78 is 1.69. The van der Waals surface area contributed by atoms with Crippen molar-refractivity contribution in [3.63, 3.8) is 0 Å². The number of fused-ring (bicyclic) bond motifs is 1. The summed E-state index contributed by atoms with van der Waals surface area (Å²) in [7, 11) is 0. The van der Waals surface area contributed by atoms with Gasteiger partial charge in [0, 0.05) is 24.0 Å². The molecule has 0 radical (unpaired) electrons. The van der Waals surface area contributed by atoms with Gasteiger partial charge >= 0.3 is 0 Å². The first-order chi connectivity index (χ1) is 16.1. The molecule has 0 bridgehead atoms. The number of hydrogen-bond donors (Lipinski definition) is 2.